The highest BCUT2D eigenvalue weighted by Gasteiger charge is 2.29. The normalized spacial score (nSPS) is 18.4. The number of anilines is 2. The van der Waals surface area contributed by atoms with Crippen molar-refractivity contribution >= 4 is 23.2 Å². The molecular formula is C18H16N2O3. The van der Waals surface area contributed by atoms with E-state index in [9.17, 15) is 9.59 Å². The third-order valence-corrected chi connectivity index (χ3v) is 4.21. The second kappa shape index (κ2) is 5.43. The van der Waals surface area contributed by atoms with Gasteiger partial charge in [0.2, 0.25) is 5.91 Å². The van der Waals surface area contributed by atoms with Crippen LogP contribution in [0, 0.1) is 0 Å². The number of fused-ring (bicyclic) bond motifs is 2. The second-order valence-corrected chi connectivity index (χ2v) is 5.83. The first-order valence-electron chi connectivity index (χ1n) is 7.67. The van der Waals surface area contributed by atoms with Crippen LogP contribution in [0.4, 0.5) is 11.4 Å². The molecule has 0 aromatic heterocycles. The molecular weight excluding hydrogens is 292 g/mol. The van der Waals surface area contributed by atoms with Crippen LogP contribution in [0.25, 0.3) is 0 Å². The summed E-state index contributed by atoms with van der Waals surface area (Å²) in [6.07, 6.45) is 1.26. The van der Waals surface area contributed by atoms with E-state index < -0.39 is 6.10 Å². The highest BCUT2D eigenvalue weighted by Crippen LogP contribution is 2.29. The standard InChI is InChI=1S/C18H16N2O3/c21-17-8-5-11-9-13(6-7-14(11)20-17)19-18(22)16-10-12-3-1-2-4-15(12)23-16/h1-4,6-7,9,16H,5,8,10H2,(H,19,22)(H,20,21)/t16-/m1/s1. The zero-order valence-electron chi connectivity index (χ0n) is 12.5. The van der Waals surface area contributed by atoms with E-state index in [1.54, 1.807) is 6.07 Å². The van der Waals surface area contributed by atoms with Gasteiger partial charge in [-0.1, -0.05) is 18.2 Å². The molecule has 1 atom stereocenters. The third kappa shape index (κ3) is 2.65. The van der Waals surface area contributed by atoms with Gasteiger partial charge in [-0.25, -0.2) is 0 Å². The molecule has 2 aromatic carbocycles. The van der Waals surface area contributed by atoms with E-state index in [1.165, 1.54) is 0 Å². The predicted molar refractivity (Wildman–Crippen MR) is 86.6 cm³/mol. The topological polar surface area (TPSA) is 67.4 Å². The number of amides is 2. The maximum atomic E-state index is 12.4. The first kappa shape index (κ1) is 13.8. The summed E-state index contributed by atoms with van der Waals surface area (Å²) in [7, 11) is 0. The summed E-state index contributed by atoms with van der Waals surface area (Å²) in [6.45, 7) is 0. The Morgan fingerprint density at radius 1 is 1.13 bits per heavy atom. The summed E-state index contributed by atoms with van der Waals surface area (Å²) < 4.78 is 5.70. The fourth-order valence-electron chi connectivity index (χ4n) is 3.01. The SMILES string of the molecule is O=C1CCc2cc(NC(=O)[C@H]3Cc4ccccc4O3)ccc2N1. The van der Waals surface area contributed by atoms with E-state index in [0.717, 1.165) is 28.3 Å². The minimum atomic E-state index is -0.497. The maximum Gasteiger partial charge on any atom is 0.265 e. The van der Waals surface area contributed by atoms with Crippen molar-refractivity contribution in [1.29, 1.82) is 0 Å². The molecule has 0 saturated carbocycles. The molecule has 0 bridgehead atoms. The Morgan fingerprint density at radius 3 is 2.87 bits per heavy atom. The zero-order chi connectivity index (χ0) is 15.8. The number of nitrogens with one attached hydrogen (secondary N) is 2. The quantitative estimate of drug-likeness (QED) is 0.896. The van der Waals surface area contributed by atoms with Gasteiger partial charge in [-0.15, -0.1) is 0 Å². The van der Waals surface area contributed by atoms with Gasteiger partial charge < -0.3 is 15.4 Å². The number of para-hydroxylation sites is 1. The molecule has 23 heavy (non-hydrogen) atoms. The van der Waals surface area contributed by atoms with Gasteiger partial charge in [0, 0.05) is 24.2 Å². The lowest BCUT2D eigenvalue weighted by Gasteiger charge is -2.18. The van der Waals surface area contributed by atoms with Gasteiger partial charge in [0.15, 0.2) is 6.10 Å². The lowest BCUT2D eigenvalue weighted by Crippen LogP contribution is -2.31. The van der Waals surface area contributed by atoms with Gasteiger partial charge >= 0.3 is 0 Å². The van der Waals surface area contributed by atoms with Gasteiger partial charge in [-0.2, -0.15) is 0 Å². The number of carbonyl (C=O) groups is 2. The molecule has 0 unspecified atom stereocenters. The Kier molecular flexibility index (Phi) is 3.26. The van der Waals surface area contributed by atoms with Crippen molar-refractivity contribution in [2.24, 2.45) is 0 Å². The van der Waals surface area contributed by atoms with Crippen LogP contribution in [0.15, 0.2) is 42.5 Å². The fourth-order valence-corrected chi connectivity index (χ4v) is 3.01. The monoisotopic (exact) mass is 308 g/mol. The van der Waals surface area contributed by atoms with Crippen molar-refractivity contribution in [3.63, 3.8) is 0 Å². The Bertz CT molecular complexity index is 776. The van der Waals surface area contributed by atoms with Crippen LogP contribution >= 0.6 is 0 Å². The van der Waals surface area contributed by atoms with Crippen LogP contribution in [-0.4, -0.2) is 17.9 Å². The first-order valence-corrected chi connectivity index (χ1v) is 7.67. The molecule has 116 valence electrons. The number of rotatable bonds is 2. The lowest BCUT2D eigenvalue weighted by molar-refractivity contribution is -0.122. The predicted octanol–water partition coefficient (Wildman–Crippen LogP) is 2.51. The highest BCUT2D eigenvalue weighted by atomic mass is 16.5. The van der Waals surface area contributed by atoms with E-state index in [0.29, 0.717) is 19.3 Å². The van der Waals surface area contributed by atoms with Crippen molar-refractivity contribution in [2.45, 2.75) is 25.4 Å². The van der Waals surface area contributed by atoms with Crippen molar-refractivity contribution in [3.8, 4) is 5.75 Å². The lowest BCUT2D eigenvalue weighted by atomic mass is 10.0. The molecule has 0 spiro atoms. The molecule has 0 saturated heterocycles. The molecule has 2 aliphatic rings. The minimum Gasteiger partial charge on any atom is -0.480 e. The number of hydrogen-bond donors (Lipinski definition) is 2. The summed E-state index contributed by atoms with van der Waals surface area (Å²) in [4.78, 5) is 23.8. The molecule has 2 heterocycles. The van der Waals surface area contributed by atoms with Gasteiger partial charge in [-0.3, -0.25) is 9.59 Å². The van der Waals surface area contributed by atoms with Gasteiger partial charge in [0.25, 0.3) is 5.91 Å². The average molecular weight is 308 g/mol. The van der Waals surface area contributed by atoms with Gasteiger partial charge in [-0.05, 0) is 41.8 Å². The Balaban J connectivity index is 1.47. The molecule has 4 rings (SSSR count). The fraction of sp³-hybridized carbons (Fsp3) is 0.222. The summed E-state index contributed by atoms with van der Waals surface area (Å²) in [5.74, 6) is 0.660. The van der Waals surface area contributed by atoms with Crippen molar-refractivity contribution < 1.29 is 14.3 Å². The minimum absolute atomic E-state index is 0.0337. The zero-order valence-corrected chi connectivity index (χ0v) is 12.5. The second-order valence-electron chi connectivity index (χ2n) is 5.83. The highest BCUT2D eigenvalue weighted by molar-refractivity contribution is 5.97. The molecule has 0 radical (unpaired) electrons. The van der Waals surface area contributed by atoms with Crippen LogP contribution < -0.4 is 15.4 Å². The molecule has 2 N–H and O–H groups in total. The average Bonchev–Trinajstić information content (AvgIpc) is 2.99. The Morgan fingerprint density at radius 2 is 2.00 bits per heavy atom. The molecule has 2 aliphatic heterocycles. The number of hydrogen-bond acceptors (Lipinski definition) is 3. The van der Waals surface area contributed by atoms with Crippen LogP contribution in [0.5, 0.6) is 5.75 Å². The smallest absolute Gasteiger partial charge is 0.265 e. The number of carbonyl (C=O) groups excluding carboxylic acids is 2. The number of aryl methyl sites for hydroxylation is 1. The van der Waals surface area contributed by atoms with Gasteiger partial charge in [0.1, 0.15) is 5.75 Å². The van der Waals surface area contributed by atoms with Crippen LogP contribution in [0.1, 0.15) is 17.5 Å². The summed E-state index contributed by atoms with van der Waals surface area (Å²) in [6, 6.07) is 13.2. The van der Waals surface area contributed by atoms with Crippen LogP contribution in [0.3, 0.4) is 0 Å². The molecule has 0 aliphatic carbocycles. The van der Waals surface area contributed by atoms with E-state index in [2.05, 4.69) is 10.6 Å². The Hall–Kier alpha value is -2.82. The third-order valence-electron chi connectivity index (χ3n) is 4.21. The molecule has 2 amide bonds. The van der Waals surface area contributed by atoms with Crippen molar-refractivity contribution in [2.75, 3.05) is 10.6 Å². The molecule has 2 aromatic rings. The van der Waals surface area contributed by atoms with E-state index >= 15 is 0 Å². The van der Waals surface area contributed by atoms with E-state index in [4.69, 9.17) is 4.74 Å². The molecule has 5 nitrogen and oxygen atoms in total. The molecule has 0 fully saturated rings. The van der Waals surface area contributed by atoms with Crippen LogP contribution in [0.2, 0.25) is 0 Å². The number of benzene rings is 2. The van der Waals surface area contributed by atoms with Crippen LogP contribution in [-0.2, 0) is 22.4 Å². The Labute approximate surface area is 133 Å². The molecule has 5 heteroatoms. The number of ether oxygens (including phenoxy) is 1. The summed E-state index contributed by atoms with van der Waals surface area (Å²) in [5.41, 5.74) is 3.65. The van der Waals surface area contributed by atoms with Gasteiger partial charge in [0.05, 0.1) is 0 Å². The van der Waals surface area contributed by atoms with E-state index in [-0.39, 0.29) is 11.8 Å². The maximum absolute atomic E-state index is 12.4. The van der Waals surface area contributed by atoms with Crippen molar-refractivity contribution in [3.05, 3.63) is 53.6 Å². The summed E-state index contributed by atoms with van der Waals surface area (Å²) >= 11 is 0. The summed E-state index contributed by atoms with van der Waals surface area (Å²) in [5, 5.41) is 5.73. The van der Waals surface area contributed by atoms with E-state index in [1.807, 2.05) is 36.4 Å². The van der Waals surface area contributed by atoms with Crippen molar-refractivity contribution in [1.82, 2.24) is 0 Å². The largest absolute Gasteiger partial charge is 0.480 e. The first-order chi connectivity index (χ1) is 11.2.